The average molecular weight is 356 g/mol. The van der Waals surface area contributed by atoms with Crippen LogP contribution >= 0.6 is 0 Å². The maximum absolute atomic E-state index is 11.8. The van der Waals surface area contributed by atoms with Crippen molar-refractivity contribution in [2.75, 3.05) is 19.8 Å². The summed E-state index contributed by atoms with van der Waals surface area (Å²) in [5.74, 6) is 1.84. The average Bonchev–Trinajstić information content (AvgIpc) is 2.67. The highest BCUT2D eigenvalue weighted by Gasteiger charge is 2.02. The molecule has 6 heteroatoms. The van der Waals surface area contributed by atoms with Crippen LogP contribution in [0, 0.1) is 0 Å². The summed E-state index contributed by atoms with van der Waals surface area (Å²) in [6, 6.07) is 14.6. The molecule has 6 nitrogen and oxygen atoms in total. The molecule has 0 fully saturated rings. The number of amides is 1. The van der Waals surface area contributed by atoms with E-state index in [1.807, 2.05) is 31.2 Å². The first-order chi connectivity index (χ1) is 12.7. The van der Waals surface area contributed by atoms with Crippen LogP contribution < -0.4 is 19.6 Å². The number of ether oxygens (including phenoxy) is 3. The number of hydrazone groups is 1. The Morgan fingerprint density at radius 3 is 2.12 bits per heavy atom. The molecule has 2 rings (SSSR count). The zero-order chi connectivity index (χ0) is 18.6. The fraction of sp³-hybridized carbons (Fsp3) is 0.300. The molecule has 0 saturated heterocycles. The van der Waals surface area contributed by atoms with Gasteiger partial charge in [-0.15, -0.1) is 0 Å². The van der Waals surface area contributed by atoms with Gasteiger partial charge in [0, 0.05) is 0 Å². The number of rotatable bonds is 10. The van der Waals surface area contributed by atoms with E-state index < -0.39 is 0 Å². The van der Waals surface area contributed by atoms with E-state index in [-0.39, 0.29) is 12.5 Å². The smallest absolute Gasteiger partial charge is 0.277 e. The van der Waals surface area contributed by atoms with Crippen molar-refractivity contribution in [1.82, 2.24) is 5.43 Å². The first kappa shape index (κ1) is 19.3. The fourth-order valence-electron chi connectivity index (χ4n) is 2.03. The summed E-state index contributed by atoms with van der Waals surface area (Å²) in [5.41, 5.74) is 3.29. The van der Waals surface area contributed by atoms with Gasteiger partial charge in [-0.25, -0.2) is 5.43 Å². The van der Waals surface area contributed by atoms with Crippen LogP contribution in [0.4, 0.5) is 0 Å². The molecular weight excluding hydrogens is 332 g/mol. The number of nitrogens with one attached hydrogen (secondary N) is 1. The molecule has 0 atom stereocenters. The van der Waals surface area contributed by atoms with Gasteiger partial charge in [0.1, 0.15) is 17.2 Å². The zero-order valence-corrected chi connectivity index (χ0v) is 15.1. The number of carbonyl (C=O) groups excluding carboxylic acids is 1. The Bertz CT molecular complexity index is 697. The lowest BCUT2D eigenvalue weighted by Gasteiger charge is -2.07. The van der Waals surface area contributed by atoms with Crippen LogP contribution in [0.25, 0.3) is 0 Å². The minimum atomic E-state index is -0.335. The maximum atomic E-state index is 11.8. The summed E-state index contributed by atoms with van der Waals surface area (Å²) in [7, 11) is 0. The molecule has 0 aromatic heterocycles. The molecule has 0 spiro atoms. The van der Waals surface area contributed by atoms with Gasteiger partial charge in [0.2, 0.25) is 0 Å². The topological polar surface area (TPSA) is 69.2 Å². The van der Waals surface area contributed by atoms with Gasteiger partial charge in [-0.1, -0.05) is 6.92 Å². The Morgan fingerprint density at radius 2 is 1.50 bits per heavy atom. The van der Waals surface area contributed by atoms with E-state index in [0.717, 1.165) is 23.5 Å². The van der Waals surface area contributed by atoms with Gasteiger partial charge in [0.15, 0.2) is 6.61 Å². The molecular formula is C20H24N2O4. The van der Waals surface area contributed by atoms with Gasteiger partial charge in [-0.05, 0) is 67.4 Å². The SMILES string of the molecule is CCCOc1ccc(/C=N/NC(=O)COc2ccc(OCC)cc2)cc1. The third-order valence-corrected chi connectivity index (χ3v) is 3.26. The second kappa shape index (κ2) is 10.8. The monoisotopic (exact) mass is 356 g/mol. The highest BCUT2D eigenvalue weighted by Crippen LogP contribution is 2.17. The van der Waals surface area contributed by atoms with Crippen molar-refractivity contribution in [3.63, 3.8) is 0 Å². The van der Waals surface area contributed by atoms with Gasteiger partial charge in [0.25, 0.3) is 5.91 Å². The third-order valence-electron chi connectivity index (χ3n) is 3.26. The van der Waals surface area contributed by atoms with Gasteiger partial charge in [0.05, 0.1) is 19.4 Å². The first-order valence-electron chi connectivity index (χ1n) is 8.61. The van der Waals surface area contributed by atoms with Crippen molar-refractivity contribution in [3.05, 3.63) is 54.1 Å². The van der Waals surface area contributed by atoms with Gasteiger partial charge >= 0.3 is 0 Å². The highest BCUT2D eigenvalue weighted by atomic mass is 16.5. The summed E-state index contributed by atoms with van der Waals surface area (Å²) < 4.78 is 16.3. The Hall–Kier alpha value is -3.02. The van der Waals surface area contributed by atoms with Crippen molar-refractivity contribution < 1.29 is 19.0 Å². The van der Waals surface area contributed by atoms with Gasteiger partial charge in [-0.2, -0.15) is 5.10 Å². The largest absolute Gasteiger partial charge is 0.494 e. The van der Waals surface area contributed by atoms with Crippen LogP contribution in [0.5, 0.6) is 17.2 Å². The fourth-order valence-corrected chi connectivity index (χ4v) is 2.03. The Labute approximate surface area is 153 Å². The number of carbonyl (C=O) groups is 1. The predicted octanol–water partition coefficient (Wildman–Crippen LogP) is 3.40. The summed E-state index contributed by atoms with van der Waals surface area (Å²) in [4.78, 5) is 11.8. The van der Waals surface area contributed by atoms with E-state index in [4.69, 9.17) is 14.2 Å². The molecule has 2 aromatic rings. The molecule has 0 radical (unpaired) electrons. The highest BCUT2D eigenvalue weighted by molar-refractivity contribution is 5.83. The second-order valence-corrected chi connectivity index (χ2v) is 5.40. The molecule has 138 valence electrons. The predicted molar refractivity (Wildman–Crippen MR) is 101 cm³/mol. The third kappa shape index (κ3) is 6.84. The van der Waals surface area contributed by atoms with Crippen molar-refractivity contribution in [1.29, 1.82) is 0 Å². The summed E-state index contributed by atoms with van der Waals surface area (Å²) in [6.45, 7) is 5.16. The molecule has 26 heavy (non-hydrogen) atoms. The van der Waals surface area contributed by atoms with E-state index in [0.29, 0.717) is 19.0 Å². The van der Waals surface area contributed by atoms with E-state index >= 15 is 0 Å². The molecule has 0 unspecified atom stereocenters. The molecule has 0 heterocycles. The summed E-state index contributed by atoms with van der Waals surface area (Å²) in [5, 5.41) is 3.92. The van der Waals surface area contributed by atoms with Crippen LogP contribution in [0.3, 0.4) is 0 Å². The molecule has 2 aromatic carbocycles. The lowest BCUT2D eigenvalue weighted by atomic mass is 10.2. The lowest BCUT2D eigenvalue weighted by Crippen LogP contribution is -2.24. The van der Waals surface area contributed by atoms with E-state index in [1.165, 1.54) is 0 Å². The maximum Gasteiger partial charge on any atom is 0.277 e. The quantitative estimate of drug-likeness (QED) is 0.523. The number of benzene rings is 2. The molecule has 0 saturated carbocycles. The van der Waals surface area contributed by atoms with Crippen molar-refractivity contribution >= 4 is 12.1 Å². The Balaban J connectivity index is 1.73. The van der Waals surface area contributed by atoms with E-state index in [1.54, 1.807) is 30.5 Å². The van der Waals surface area contributed by atoms with Crippen molar-refractivity contribution in [2.45, 2.75) is 20.3 Å². The Morgan fingerprint density at radius 1 is 0.923 bits per heavy atom. The molecule has 1 N–H and O–H groups in total. The molecule has 0 bridgehead atoms. The van der Waals surface area contributed by atoms with Crippen LogP contribution in [0.2, 0.25) is 0 Å². The van der Waals surface area contributed by atoms with Crippen molar-refractivity contribution in [2.24, 2.45) is 5.10 Å². The van der Waals surface area contributed by atoms with Crippen LogP contribution in [-0.4, -0.2) is 31.9 Å². The standard InChI is InChI=1S/C20H24N2O4/c1-3-13-25-18-7-5-16(6-8-18)14-21-22-20(23)15-26-19-11-9-17(10-12-19)24-4-2/h5-12,14H,3-4,13,15H2,1-2H3,(H,22,23)/b21-14+. The van der Waals surface area contributed by atoms with Gasteiger partial charge in [-0.3, -0.25) is 4.79 Å². The molecule has 0 aliphatic heterocycles. The van der Waals surface area contributed by atoms with E-state index in [2.05, 4.69) is 17.5 Å². The zero-order valence-electron chi connectivity index (χ0n) is 15.1. The summed E-state index contributed by atoms with van der Waals surface area (Å²) >= 11 is 0. The number of hydrogen-bond donors (Lipinski definition) is 1. The normalized spacial score (nSPS) is 10.5. The Kier molecular flexibility index (Phi) is 7.99. The van der Waals surface area contributed by atoms with Crippen LogP contribution in [0.15, 0.2) is 53.6 Å². The van der Waals surface area contributed by atoms with Crippen molar-refractivity contribution in [3.8, 4) is 17.2 Å². The number of nitrogens with zero attached hydrogens (tertiary/aromatic N) is 1. The molecule has 0 aliphatic rings. The van der Waals surface area contributed by atoms with Gasteiger partial charge < -0.3 is 14.2 Å². The minimum absolute atomic E-state index is 0.116. The molecule has 0 aliphatic carbocycles. The minimum Gasteiger partial charge on any atom is -0.494 e. The molecule has 1 amide bonds. The van der Waals surface area contributed by atoms with Crippen LogP contribution in [0.1, 0.15) is 25.8 Å². The lowest BCUT2D eigenvalue weighted by molar-refractivity contribution is -0.123. The summed E-state index contributed by atoms with van der Waals surface area (Å²) in [6.07, 6.45) is 2.53. The number of hydrogen-bond acceptors (Lipinski definition) is 5. The van der Waals surface area contributed by atoms with E-state index in [9.17, 15) is 4.79 Å². The first-order valence-corrected chi connectivity index (χ1v) is 8.61. The second-order valence-electron chi connectivity index (χ2n) is 5.40. The van der Waals surface area contributed by atoms with Crippen LogP contribution in [-0.2, 0) is 4.79 Å².